The molecule has 2 aromatic rings. The number of furan rings is 1. The lowest BCUT2D eigenvalue weighted by molar-refractivity contribution is -0.151. The highest BCUT2D eigenvalue weighted by molar-refractivity contribution is 5.81. The molecule has 1 unspecified atom stereocenters. The molecule has 116 valence electrons. The number of esters is 1. The molecule has 0 fully saturated rings. The minimum absolute atomic E-state index is 0.109. The summed E-state index contributed by atoms with van der Waals surface area (Å²) in [4.78, 5) is 22.9. The van der Waals surface area contributed by atoms with E-state index in [4.69, 9.17) is 14.3 Å². The monoisotopic (exact) mass is 303 g/mol. The van der Waals surface area contributed by atoms with Gasteiger partial charge >= 0.3 is 11.9 Å². The first-order valence-corrected chi connectivity index (χ1v) is 6.83. The van der Waals surface area contributed by atoms with Crippen molar-refractivity contribution in [1.82, 2.24) is 5.32 Å². The quantitative estimate of drug-likeness (QED) is 0.725. The third kappa shape index (κ3) is 5.06. The van der Waals surface area contributed by atoms with Crippen LogP contribution >= 0.6 is 0 Å². The molecule has 0 radical (unpaired) electrons. The largest absolute Gasteiger partial charge is 0.481 e. The van der Waals surface area contributed by atoms with Crippen LogP contribution in [0.1, 0.15) is 17.7 Å². The van der Waals surface area contributed by atoms with Crippen LogP contribution < -0.4 is 5.32 Å². The van der Waals surface area contributed by atoms with Crippen LogP contribution in [-0.2, 0) is 27.5 Å². The Bertz CT molecular complexity index is 594. The van der Waals surface area contributed by atoms with E-state index in [1.807, 2.05) is 30.3 Å². The van der Waals surface area contributed by atoms with Crippen LogP contribution in [-0.4, -0.2) is 23.1 Å². The zero-order valence-electron chi connectivity index (χ0n) is 11.9. The van der Waals surface area contributed by atoms with Crippen LogP contribution in [0.4, 0.5) is 0 Å². The summed E-state index contributed by atoms with van der Waals surface area (Å²) in [5, 5.41) is 11.7. The number of aliphatic carboxylic acids is 1. The molecular formula is C16H17NO5. The third-order valence-electron chi connectivity index (χ3n) is 2.99. The summed E-state index contributed by atoms with van der Waals surface area (Å²) in [7, 11) is 0. The van der Waals surface area contributed by atoms with E-state index in [2.05, 4.69) is 5.32 Å². The van der Waals surface area contributed by atoms with Crippen LogP contribution in [0.25, 0.3) is 0 Å². The van der Waals surface area contributed by atoms with Crippen molar-refractivity contribution in [3.8, 4) is 0 Å². The Balaban J connectivity index is 1.89. The van der Waals surface area contributed by atoms with E-state index < -0.39 is 18.0 Å². The van der Waals surface area contributed by atoms with Crippen LogP contribution in [0.15, 0.2) is 53.1 Å². The molecular weight excluding hydrogens is 286 g/mol. The van der Waals surface area contributed by atoms with Gasteiger partial charge in [-0.25, -0.2) is 0 Å². The van der Waals surface area contributed by atoms with Gasteiger partial charge in [-0.05, 0) is 17.7 Å². The van der Waals surface area contributed by atoms with Gasteiger partial charge in [0, 0.05) is 0 Å². The number of carboxylic acids is 1. The predicted molar refractivity (Wildman–Crippen MR) is 77.8 cm³/mol. The molecule has 0 saturated heterocycles. The van der Waals surface area contributed by atoms with E-state index in [0.717, 1.165) is 5.56 Å². The summed E-state index contributed by atoms with van der Waals surface area (Å²) in [5.41, 5.74) is 0.843. The Labute approximate surface area is 127 Å². The molecule has 0 spiro atoms. The summed E-state index contributed by atoms with van der Waals surface area (Å²) in [6.45, 7) is 0.365. The lowest BCUT2D eigenvalue weighted by atomic mass is 10.2. The molecule has 6 nitrogen and oxygen atoms in total. The fourth-order valence-electron chi connectivity index (χ4n) is 1.88. The average molecular weight is 303 g/mol. The van der Waals surface area contributed by atoms with Crippen molar-refractivity contribution in [1.29, 1.82) is 0 Å². The maximum atomic E-state index is 12.0. The molecule has 1 atom stereocenters. The molecule has 1 heterocycles. The second-order valence-corrected chi connectivity index (χ2v) is 4.70. The van der Waals surface area contributed by atoms with Crippen molar-refractivity contribution in [2.45, 2.75) is 25.6 Å². The zero-order valence-corrected chi connectivity index (χ0v) is 11.9. The number of hydrogen-bond acceptors (Lipinski definition) is 5. The molecule has 1 aromatic carbocycles. The van der Waals surface area contributed by atoms with E-state index in [-0.39, 0.29) is 19.6 Å². The van der Waals surface area contributed by atoms with E-state index in [9.17, 15) is 9.59 Å². The number of ether oxygens (including phenoxy) is 1. The van der Waals surface area contributed by atoms with Gasteiger partial charge in [-0.1, -0.05) is 30.3 Å². The average Bonchev–Trinajstić information content (AvgIpc) is 3.03. The van der Waals surface area contributed by atoms with Crippen LogP contribution in [0.3, 0.4) is 0 Å². The van der Waals surface area contributed by atoms with Crippen molar-refractivity contribution >= 4 is 11.9 Å². The predicted octanol–water partition coefficient (Wildman–Crippen LogP) is 1.96. The maximum absolute atomic E-state index is 12.0. The lowest BCUT2D eigenvalue weighted by Gasteiger charge is -2.15. The topological polar surface area (TPSA) is 88.8 Å². The molecule has 2 rings (SSSR count). The first-order valence-electron chi connectivity index (χ1n) is 6.83. The Morgan fingerprint density at radius 2 is 1.95 bits per heavy atom. The summed E-state index contributed by atoms with van der Waals surface area (Å²) < 4.78 is 10.3. The van der Waals surface area contributed by atoms with E-state index >= 15 is 0 Å². The highest BCUT2D eigenvalue weighted by Gasteiger charge is 2.23. The first-order chi connectivity index (χ1) is 10.6. The van der Waals surface area contributed by atoms with Gasteiger partial charge in [-0.2, -0.15) is 0 Å². The van der Waals surface area contributed by atoms with Gasteiger partial charge in [0.15, 0.2) is 0 Å². The van der Waals surface area contributed by atoms with Crippen molar-refractivity contribution in [2.75, 3.05) is 0 Å². The van der Waals surface area contributed by atoms with Gasteiger partial charge in [-0.3, -0.25) is 14.9 Å². The van der Waals surface area contributed by atoms with Gasteiger partial charge in [0.1, 0.15) is 18.4 Å². The molecule has 0 aliphatic heterocycles. The maximum Gasteiger partial charge on any atom is 0.324 e. The van der Waals surface area contributed by atoms with Gasteiger partial charge < -0.3 is 14.3 Å². The van der Waals surface area contributed by atoms with Gasteiger partial charge in [-0.15, -0.1) is 0 Å². The van der Waals surface area contributed by atoms with Crippen LogP contribution in [0.2, 0.25) is 0 Å². The molecule has 0 amide bonds. The van der Waals surface area contributed by atoms with Crippen LogP contribution in [0.5, 0.6) is 0 Å². The Kier molecular flexibility index (Phi) is 5.73. The minimum Gasteiger partial charge on any atom is -0.481 e. The summed E-state index contributed by atoms with van der Waals surface area (Å²) >= 11 is 0. The fraction of sp³-hybridized carbons (Fsp3) is 0.250. The minimum atomic E-state index is -1.08. The third-order valence-corrected chi connectivity index (χ3v) is 2.99. The number of benzene rings is 1. The first kappa shape index (κ1) is 15.8. The Hall–Kier alpha value is -2.60. The van der Waals surface area contributed by atoms with Crippen LogP contribution in [0, 0.1) is 0 Å². The second-order valence-electron chi connectivity index (χ2n) is 4.70. The molecule has 2 N–H and O–H groups in total. The van der Waals surface area contributed by atoms with E-state index in [1.165, 1.54) is 6.26 Å². The van der Waals surface area contributed by atoms with Crippen molar-refractivity contribution in [2.24, 2.45) is 0 Å². The SMILES string of the molecule is O=C(O)CC(NCc1ccco1)C(=O)OCc1ccccc1. The van der Waals surface area contributed by atoms with E-state index in [1.54, 1.807) is 12.1 Å². The Morgan fingerprint density at radius 1 is 1.18 bits per heavy atom. The second kappa shape index (κ2) is 7.99. The molecule has 0 aliphatic carbocycles. The van der Waals surface area contributed by atoms with Gasteiger partial charge in [0.2, 0.25) is 0 Å². The Morgan fingerprint density at radius 3 is 2.59 bits per heavy atom. The normalized spacial score (nSPS) is 11.8. The number of rotatable bonds is 8. The van der Waals surface area contributed by atoms with Crippen molar-refractivity contribution < 1.29 is 23.8 Å². The number of carboxylic acid groups (broad SMARTS) is 1. The molecule has 1 aromatic heterocycles. The fourth-order valence-corrected chi connectivity index (χ4v) is 1.88. The molecule has 0 saturated carbocycles. The number of carbonyl (C=O) groups excluding carboxylic acids is 1. The lowest BCUT2D eigenvalue weighted by Crippen LogP contribution is -2.39. The molecule has 22 heavy (non-hydrogen) atoms. The molecule has 0 aliphatic rings. The highest BCUT2D eigenvalue weighted by Crippen LogP contribution is 2.06. The van der Waals surface area contributed by atoms with Gasteiger partial charge in [0.25, 0.3) is 0 Å². The highest BCUT2D eigenvalue weighted by atomic mass is 16.5. The van der Waals surface area contributed by atoms with Gasteiger partial charge in [0.05, 0.1) is 19.2 Å². The van der Waals surface area contributed by atoms with Crippen molar-refractivity contribution in [3.63, 3.8) is 0 Å². The number of carbonyl (C=O) groups is 2. The number of nitrogens with one attached hydrogen (secondary N) is 1. The standard InChI is InChI=1S/C16H17NO5/c18-15(19)9-14(17-10-13-7-4-8-21-13)16(20)22-11-12-5-2-1-3-6-12/h1-8,14,17H,9-11H2,(H,18,19). The van der Waals surface area contributed by atoms with Crippen molar-refractivity contribution in [3.05, 3.63) is 60.1 Å². The summed E-state index contributed by atoms with van der Waals surface area (Å²) in [6.07, 6.45) is 1.16. The summed E-state index contributed by atoms with van der Waals surface area (Å²) in [5.74, 6) is -1.06. The smallest absolute Gasteiger partial charge is 0.324 e. The number of hydrogen-bond donors (Lipinski definition) is 2. The zero-order chi connectivity index (χ0) is 15.8. The summed E-state index contributed by atoms with van der Waals surface area (Å²) in [6, 6.07) is 11.7. The van der Waals surface area contributed by atoms with E-state index in [0.29, 0.717) is 5.76 Å². The molecule has 0 bridgehead atoms. The molecule has 6 heteroatoms.